The molecule has 2 unspecified atom stereocenters. The van der Waals surface area contributed by atoms with E-state index in [2.05, 4.69) is 22.0 Å². The van der Waals surface area contributed by atoms with E-state index in [4.69, 9.17) is 5.26 Å². The van der Waals surface area contributed by atoms with Crippen molar-refractivity contribution in [1.29, 1.82) is 5.26 Å². The molecule has 4 nitrogen and oxygen atoms in total. The lowest BCUT2D eigenvalue weighted by Crippen LogP contribution is -2.59. The molecule has 1 amide bonds. The summed E-state index contributed by atoms with van der Waals surface area (Å²) >= 11 is 3.49. The Kier molecular flexibility index (Phi) is 4.23. The molecule has 0 spiro atoms. The zero-order valence-corrected chi connectivity index (χ0v) is 12.6. The quantitative estimate of drug-likeness (QED) is 0.840. The predicted molar refractivity (Wildman–Crippen MR) is 77.7 cm³/mol. The third kappa shape index (κ3) is 2.65. The molecule has 1 aromatic rings. The summed E-state index contributed by atoms with van der Waals surface area (Å²) in [6, 6.07) is 9.52. The van der Waals surface area contributed by atoms with Gasteiger partial charge >= 0.3 is 0 Å². The molecule has 0 saturated carbocycles. The van der Waals surface area contributed by atoms with Gasteiger partial charge in [0.05, 0.1) is 18.2 Å². The van der Waals surface area contributed by atoms with Crippen molar-refractivity contribution in [3.8, 4) is 6.07 Å². The number of piperazine rings is 1. The Morgan fingerprint density at radius 1 is 1.47 bits per heavy atom. The number of amides is 1. The molecular weight excluding hydrogens is 306 g/mol. The zero-order valence-electron chi connectivity index (χ0n) is 11.0. The predicted octanol–water partition coefficient (Wildman–Crippen LogP) is 2.40. The van der Waals surface area contributed by atoms with Gasteiger partial charge in [-0.3, -0.25) is 9.69 Å². The minimum atomic E-state index is -0.353. The fourth-order valence-corrected chi connectivity index (χ4v) is 3.00. The minimum Gasteiger partial charge on any atom is -0.306 e. The molecule has 0 N–H and O–H groups in total. The molecule has 2 atom stereocenters. The molecule has 1 heterocycles. The highest BCUT2D eigenvalue weighted by molar-refractivity contribution is 9.10. The monoisotopic (exact) mass is 321 g/mol. The van der Waals surface area contributed by atoms with Crippen molar-refractivity contribution in [3.05, 3.63) is 28.7 Å². The third-order valence-corrected chi connectivity index (χ3v) is 4.11. The van der Waals surface area contributed by atoms with E-state index in [-0.39, 0.29) is 24.4 Å². The molecule has 0 radical (unpaired) electrons. The van der Waals surface area contributed by atoms with E-state index in [0.29, 0.717) is 0 Å². The van der Waals surface area contributed by atoms with Crippen LogP contribution in [0.3, 0.4) is 0 Å². The third-order valence-electron chi connectivity index (χ3n) is 3.44. The van der Waals surface area contributed by atoms with E-state index >= 15 is 0 Å². The van der Waals surface area contributed by atoms with Gasteiger partial charge in [0.1, 0.15) is 6.04 Å². The standard InChI is InChI=1S/C14H16BrN3O/c1-10-9-17(2)13(7-8-16)14(19)18(10)12-6-4-3-5-11(12)15/h3-6,10,13H,7,9H2,1-2H3. The summed E-state index contributed by atoms with van der Waals surface area (Å²) in [4.78, 5) is 16.4. The topological polar surface area (TPSA) is 47.3 Å². The lowest BCUT2D eigenvalue weighted by molar-refractivity contribution is -0.126. The molecule has 1 fully saturated rings. The van der Waals surface area contributed by atoms with Gasteiger partial charge < -0.3 is 4.90 Å². The highest BCUT2D eigenvalue weighted by Gasteiger charge is 2.37. The van der Waals surface area contributed by atoms with Crippen molar-refractivity contribution in [2.75, 3.05) is 18.5 Å². The van der Waals surface area contributed by atoms with Crippen molar-refractivity contribution >= 4 is 27.5 Å². The average molecular weight is 322 g/mol. The maximum Gasteiger partial charge on any atom is 0.245 e. The number of hydrogen-bond acceptors (Lipinski definition) is 3. The number of halogens is 1. The summed E-state index contributed by atoms with van der Waals surface area (Å²) in [5, 5.41) is 8.87. The average Bonchev–Trinajstić information content (AvgIpc) is 2.36. The van der Waals surface area contributed by atoms with Gasteiger partial charge in [-0.2, -0.15) is 5.26 Å². The van der Waals surface area contributed by atoms with Gasteiger partial charge in [0.2, 0.25) is 5.91 Å². The van der Waals surface area contributed by atoms with E-state index < -0.39 is 0 Å². The molecule has 1 aromatic carbocycles. The number of hydrogen-bond donors (Lipinski definition) is 0. The van der Waals surface area contributed by atoms with Crippen LogP contribution in [0, 0.1) is 11.3 Å². The number of benzene rings is 1. The Morgan fingerprint density at radius 3 is 2.79 bits per heavy atom. The molecule has 0 bridgehead atoms. The van der Waals surface area contributed by atoms with E-state index in [0.717, 1.165) is 16.7 Å². The minimum absolute atomic E-state index is 0.00491. The zero-order chi connectivity index (χ0) is 14.0. The second-order valence-electron chi connectivity index (χ2n) is 4.83. The van der Waals surface area contributed by atoms with Crippen LogP contribution in [-0.2, 0) is 4.79 Å². The van der Waals surface area contributed by atoms with Crippen molar-refractivity contribution in [1.82, 2.24) is 4.90 Å². The van der Waals surface area contributed by atoms with Crippen molar-refractivity contribution < 1.29 is 4.79 Å². The number of rotatable bonds is 2. The highest BCUT2D eigenvalue weighted by atomic mass is 79.9. The maximum absolute atomic E-state index is 12.6. The number of carbonyl (C=O) groups excluding carboxylic acids is 1. The number of anilines is 1. The number of carbonyl (C=O) groups is 1. The maximum atomic E-state index is 12.6. The van der Waals surface area contributed by atoms with Crippen LogP contribution in [-0.4, -0.2) is 36.5 Å². The largest absolute Gasteiger partial charge is 0.306 e. The molecule has 1 saturated heterocycles. The van der Waals surface area contributed by atoms with Crippen LogP contribution < -0.4 is 4.90 Å². The molecule has 19 heavy (non-hydrogen) atoms. The van der Waals surface area contributed by atoms with Gasteiger partial charge in [-0.1, -0.05) is 12.1 Å². The Hall–Kier alpha value is -1.38. The Labute approximate surface area is 121 Å². The summed E-state index contributed by atoms with van der Waals surface area (Å²) in [7, 11) is 1.90. The van der Waals surface area contributed by atoms with Gasteiger partial charge in [-0.25, -0.2) is 0 Å². The van der Waals surface area contributed by atoms with Crippen LogP contribution in [0.25, 0.3) is 0 Å². The molecule has 2 rings (SSSR count). The summed E-state index contributed by atoms with van der Waals surface area (Å²) in [6.45, 7) is 2.79. The lowest BCUT2D eigenvalue weighted by Gasteiger charge is -2.42. The van der Waals surface area contributed by atoms with Gasteiger partial charge in [-0.05, 0) is 42.0 Å². The fraction of sp³-hybridized carbons (Fsp3) is 0.429. The number of nitriles is 1. The molecule has 0 aromatic heterocycles. The molecule has 5 heteroatoms. The van der Waals surface area contributed by atoms with Crippen LogP contribution in [0.2, 0.25) is 0 Å². The summed E-state index contributed by atoms with van der Waals surface area (Å²) < 4.78 is 0.899. The first-order valence-corrected chi connectivity index (χ1v) is 7.00. The van der Waals surface area contributed by atoms with Gasteiger partial charge in [0.15, 0.2) is 0 Å². The fourth-order valence-electron chi connectivity index (χ4n) is 2.52. The number of likely N-dealkylation sites (N-methyl/N-ethyl adjacent to an activating group) is 1. The second-order valence-corrected chi connectivity index (χ2v) is 5.68. The van der Waals surface area contributed by atoms with Gasteiger partial charge in [-0.15, -0.1) is 0 Å². The number of nitrogens with zero attached hydrogens (tertiary/aromatic N) is 3. The van der Waals surface area contributed by atoms with Crippen LogP contribution >= 0.6 is 15.9 Å². The van der Waals surface area contributed by atoms with E-state index in [1.54, 1.807) is 4.90 Å². The molecular formula is C14H16BrN3O. The molecule has 1 aliphatic rings. The lowest BCUT2D eigenvalue weighted by atomic mass is 10.0. The van der Waals surface area contributed by atoms with Crippen LogP contribution in [0.15, 0.2) is 28.7 Å². The van der Waals surface area contributed by atoms with Gasteiger partial charge in [0.25, 0.3) is 0 Å². The molecule has 1 aliphatic heterocycles. The van der Waals surface area contributed by atoms with E-state index in [1.807, 2.05) is 43.1 Å². The summed E-state index contributed by atoms with van der Waals surface area (Å²) in [6.07, 6.45) is 0.225. The second kappa shape index (κ2) is 5.72. The highest BCUT2D eigenvalue weighted by Crippen LogP contribution is 2.31. The van der Waals surface area contributed by atoms with Crippen molar-refractivity contribution in [3.63, 3.8) is 0 Å². The smallest absolute Gasteiger partial charge is 0.245 e. The molecule has 0 aliphatic carbocycles. The summed E-state index contributed by atoms with van der Waals surface area (Å²) in [5.41, 5.74) is 0.871. The van der Waals surface area contributed by atoms with Crippen LogP contribution in [0.4, 0.5) is 5.69 Å². The normalized spacial score (nSPS) is 24.3. The van der Waals surface area contributed by atoms with Crippen LogP contribution in [0.1, 0.15) is 13.3 Å². The molecule has 100 valence electrons. The first kappa shape index (κ1) is 14.0. The Balaban J connectivity index is 2.37. The Bertz CT molecular complexity index is 526. The summed E-state index contributed by atoms with van der Waals surface area (Å²) in [5.74, 6) is -0.00491. The van der Waals surface area contributed by atoms with E-state index in [1.165, 1.54) is 0 Å². The van der Waals surface area contributed by atoms with Crippen molar-refractivity contribution in [2.45, 2.75) is 25.4 Å². The van der Waals surface area contributed by atoms with Crippen molar-refractivity contribution in [2.24, 2.45) is 0 Å². The van der Waals surface area contributed by atoms with E-state index in [9.17, 15) is 4.79 Å². The first-order valence-electron chi connectivity index (χ1n) is 6.21. The van der Waals surface area contributed by atoms with Crippen LogP contribution in [0.5, 0.6) is 0 Å². The van der Waals surface area contributed by atoms with Gasteiger partial charge in [0, 0.05) is 17.1 Å². The SMILES string of the molecule is CC1CN(C)C(CC#N)C(=O)N1c1ccccc1Br. The first-order chi connectivity index (χ1) is 9.06. The number of para-hydroxylation sites is 1. The Morgan fingerprint density at radius 2 is 2.16 bits per heavy atom.